The summed E-state index contributed by atoms with van der Waals surface area (Å²) >= 11 is 0. The first-order valence-corrected chi connectivity index (χ1v) is 6.14. The number of carbonyl (C=O) groups excluding carboxylic acids is 1. The van der Waals surface area contributed by atoms with Crippen LogP contribution in [0.3, 0.4) is 0 Å². The van der Waals surface area contributed by atoms with E-state index < -0.39 is 0 Å². The summed E-state index contributed by atoms with van der Waals surface area (Å²) in [6.45, 7) is 3.18. The van der Waals surface area contributed by atoms with Gasteiger partial charge in [0.25, 0.3) is 0 Å². The highest BCUT2D eigenvalue weighted by molar-refractivity contribution is 5.76. The normalized spacial score (nSPS) is 10.6. The first kappa shape index (κ1) is 13.1. The summed E-state index contributed by atoms with van der Waals surface area (Å²) in [5, 5.41) is 12.0. The number of hydrogen-bond acceptors (Lipinski definition) is 5. The van der Waals surface area contributed by atoms with E-state index in [0.29, 0.717) is 31.0 Å². The molecule has 8 nitrogen and oxygen atoms in total. The predicted octanol–water partition coefficient (Wildman–Crippen LogP) is -0.254. The fourth-order valence-corrected chi connectivity index (χ4v) is 1.56. The first-order chi connectivity index (χ1) is 9.20. The number of anilines is 1. The first-order valence-electron chi connectivity index (χ1n) is 6.14. The molecule has 3 N–H and O–H groups in total. The Bertz CT molecular complexity index is 617. The van der Waals surface area contributed by atoms with E-state index in [-0.39, 0.29) is 11.6 Å². The van der Waals surface area contributed by atoms with E-state index in [2.05, 4.69) is 25.8 Å². The summed E-state index contributed by atoms with van der Waals surface area (Å²) in [5.74, 6) is 0.584. The van der Waals surface area contributed by atoms with Gasteiger partial charge in [-0.15, -0.1) is 0 Å². The molecule has 0 fully saturated rings. The summed E-state index contributed by atoms with van der Waals surface area (Å²) < 4.78 is 1.30. The number of carbonyl (C=O) groups is 1. The van der Waals surface area contributed by atoms with Crippen molar-refractivity contribution in [2.45, 2.75) is 19.8 Å². The zero-order valence-electron chi connectivity index (χ0n) is 10.6. The SMILES string of the molecule is CCCNC(=O)CCNc1cc2n[nH]c(=O)n2cn1. The van der Waals surface area contributed by atoms with Crippen LogP contribution in [0, 0.1) is 0 Å². The molecule has 1 amide bonds. The summed E-state index contributed by atoms with van der Waals surface area (Å²) in [7, 11) is 0. The third-order valence-electron chi connectivity index (χ3n) is 2.54. The lowest BCUT2D eigenvalue weighted by molar-refractivity contribution is -0.120. The van der Waals surface area contributed by atoms with Crippen LogP contribution in [0.4, 0.5) is 5.82 Å². The number of hydrogen-bond donors (Lipinski definition) is 3. The molecule has 0 radical (unpaired) electrons. The molecule has 2 rings (SSSR count). The molecule has 2 heterocycles. The second-order valence-electron chi connectivity index (χ2n) is 4.06. The zero-order chi connectivity index (χ0) is 13.7. The average molecular weight is 264 g/mol. The summed E-state index contributed by atoms with van der Waals surface area (Å²) in [4.78, 5) is 26.7. The number of fused-ring (bicyclic) bond motifs is 1. The van der Waals surface area contributed by atoms with E-state index in [4.69, 9.17) is 0 Å². The minimum Gasteiger partial charge on any atom is -0.369 e. The van der Waals surface area contributed by atoms with E-state index in [1.54, 1.807) is 6.07 Å². The maximum absolute atomic E-state index is 11.4. The molecule has 0 aromatic carbocycles. The molecule has 0 spiro atoms. The van der Waals surface area contributed by atoms with Crippen LogP contribution in [0.15, 0.2) is 17.2 Å². The van der Waals surface area contributed by atoms with Crippen molar-refractivity contribution >= 4 is 17.4 Å². The molecule has 102 valence electrons. The topological polar surface area (TPSA) is 104 Å². The Morgan fingerprint density at radius 2 is 2.32 bits per heavy atom. The van der Waals surface area contributed by atoms with E-state index in [9.17, 15) is 9.59 Å². The Balaban J connectivity index is 1.88. The van der Waals surface area contributed by atoms with Crippen LogP contribution < -0.4 is 16.3 Å². The molecule has 0 aliphatic carbocycles. The molecule has 0 atom stereocenters. The van der Waals surface area contributed by atoms with Gasteiger partial charge in [0.1, 0.15) is 12.1 Å². The van der Waals surface area contributed by atoms with Gasteiger partial charge in [-0.05, 0) is 6.42 Å². The molecular formula is C11H16N6O2. The van der Waals surface area contributed by atoms with Crippen LogP contribution in [-0.4, -0.2) is 38.6 Å². The quantitative estimate of drug-likeness (QED) is 0.667. The molecule has 0 unspecified atom stereocenters. The van der Waals surface area contributed by atoms with Crippen molar-refractivity contribution in [2.24, 2.45) is 0 Å². The smallest absolute Gasteiger partial charge is 0.348 e. The molecule has 0 bridgehead atoms. The Labute approximate surface area is 109 Å². The van der Waals surface area contributed by atoms with Gasteiger partial charge in [-0.3, -0.25) is 4.79 Å². The third-order valence-corrected chi connectivity index (χ3v) is 2.54. The lowest BCUT2D eigenvalue weighted by atomic mass is 10.3. The van der Waals surface area contributed by atoms with Crippen molar-refractivity contribution < 1.29 is 4.79 Å². The molecule has 2 aromatic heterocycles. The molecule has 0 aliphatic heterocycles. The van der Waals surface area contributed by atoms with Crippen LogP contribution in [0.25, 0.3) is 5.65 Å². The van der Waals surface area contributed by atoms with Crippen molar-refractivity contribution in [3.63, 3.8) is 0 Å². The second kappa shape index (κ2) is 5.98. The van der Waals surface area contributed by atoms with Gasteiger partial charge in [0.05, 0.1) is 0 Å². The number of nitrogens with one attached hydrogen (secondary N) is 3. The highest BCUT2D eigenvalue weighted by Gasteiger charge is 2.03. The molecule has 2 aromatic rings. The van der Waals surface area contributed by atoms with Crippen LogP contribution in [0.1, 0.15) is 19.8 Å². The number of H-pyrrole nitrogens is 1. The number of amides is 1. The number of aromatic nitrogens is 4. The van der Waals surface area contributed by atoms with Crippen LogP contribution in [0.5, 0.6) is 0 Å². The Kier molecular flexibility index (Phi) is 4.11. The van der Waals surface area contributed by atoms with E-state index >= 15 is 0 Å². The van der Waals surface area contributed by atoms with Gasteiger partial charge in [-0.25, -0.2) is 19.3 Å². The number of rotatable bonds is 6. The molecule has 0 saturated heterocycles. The standard InChI is InChI=1S/C11H16N6O2/c1-2-4-13-10(18)3-5-12-8-6-9-15-16-11(19)17(9)7-14-8/h6-7,12H,2-5H2,1H3,(H,13,18)(H,16,19). The molecule has 0 aliphatic rings. The Morgan fingerprint density at radius 1 is 1.47 bits per heavy atom. The van der Waals surface area contributed by atoms with Crippen LogP contribution in [-0.2, 0) is 4.79 Å². The van der Waals surface area contributed by atoms with Crippen molar-refractivity contribution in [2.75, 3.05) is 18.4 Å². The summed E-state index contributed by atoms with van der Waals surface area (Å²) in [6.07, 6.45) is 2.69. The highest BCUT2D eigenvalue weighted by Crippen LogP contribution is 2.03. The molecule has 0 saturated carbocycles. The third kappa shape index (κ3) is 3.30. The fraction of sp³-hybridized carbons (Fsp3) is 0.455. The summed E-state index contributed by atoms with van der Waals surface area (Å²) in [6, 6.07) is 1.64. The van der Waals surface area contributed by atoms with Gasteiger partial charge in [0, 0.05) is 25.6 Å². The van der Waals surface area contributed by atoms with Gasteiger partial charge in [0.2, 0.25) is 5.91 Å². The Hall–Kier alpha value is -2.38. The van der Waals surface area contributed by atoms with Crippen molar-refractivity contribution in [1.29, 1.82) is 0 Å². The second-order valence-corrected chi connectivity index (χ2v) is 4.06. The molecular weight excluding hydrogens is 248 g/mol. The van der Waals surface area contributed by atoms with Crippen molar-refractivity contribution in [3.8, 4) is 0 Å². The lowest BCUT2D eigenvalue weighted by Crippen LogP contribution is -2.26. The van der Waals surface area contributed by atoms with Gasteiger partial charge in [0.15, 0.2) is 5.65 Å². The minimum atomic E-state index is -0.326. The molecule has 8 heteroatoms. The predicted molar refractivity (Wildman–Crippen MR) is 70.0 cm³/mol. The van der Waals surface area contributed by atoms with Crippen LogP contribution >= 0.6 is 0 Å². The maximum atomic E-state index is 11.4. The van der Waals surface area contributed by atoms with E-state index in [1.807, 2.05) is 6.92 Å². The summed E-state index contributed by atoms with van der Waals surface area (Å²) in [5.41, 5.74) is 0.158. The number of aromatic amines is 1. The van der Waals surface area contributed by atoms with Crippen molar-refractivity contribution in [3.05, 3.63) is 22.9 Å². The van der Waals surface area contributed by atoms with E-state index in [1.165, 1.54) is 10.7 Å². The minimum absolute atomic E-state index is 0.00594. The zero-order valence-corrected chi connectivity index (χ0v) is 10.6. The number of nitrogens with zero attached hydrogens (tertiary/aromatic N) is 3. The van der Waals surface area contributed by atoms with Crippen LogP contribution in [0.2, 0.25) is 0 Å². The fourth-order valence-electron chi connectivity index (χ4n) is 1.56. The van der Waals surface area contributed by atoms with Gasteiger partial charge in [-0.2, -0.15) is 5.10 Å². The van der Waals surface area contributed by atoms with Crippen molar-refractivity contribution in [1.82, 2.24) is 24.9 Å². The van der Waals surface area contributed by atoms with Gasteiger partial charge >= 0.3 is 5.69 Å². The monoisotopic (exact) mass is 264 g/mol. The molecule has 19 heavy (non-hydrogen) atoms. The van der Waals surface area contributed by atoms with E-state index in [0.717, 1.165) is 6.42 Å². The highest BCUT2D eigenvalue weighted by atomic mass is 16.2. The lowest BCUT2D eigenvalue weighted by Gasteiger charge is -2.06. The Morgan fingerprint density at radius 3 is 3.11 bits per heavy atom. The van der Waals surface area contributed by atoms with Gasteiger partial charge < -0.3 is 10.6 Å². The maximum Gasteiger partial charge on any atom is 0.348 e. The average Bonchev–Trinajstić information content (AvgIpc) is 2.78. The largest absolute Gasteiger partial charge is 0.369 e. The van der Waals surface area contributed by atoms with Gasteiger partial charge in [-0.1, -0.05) is 6.92 Å².